The van der Waals surface area contributed by atoms with Crippen LogP contribution in [0.4, 0.5) is 0 Å². The molecule has 1 aliphatic heterocycles. The second-order valence-corrected chi connectivity index (χ2v) is 7.57. The van der Waals surface area contributed by atoms with E-state index < -0.39 is 9.84 Å². The van der Waals surface area contributed by atoms with Crippen molar-refractivity contribution in [2.75, 3.05) is 18.6 Å². The number of hydrogen-bond donors (Lipinski definition) is 0. The van der Waals surface area contributed by atoms with Crippen LogP contribution in [0.2, 0.25) is 0 Å². The predicted molar refractivity (Wildman–Crippen MR) is 75.6 cm³/mol. The molecule has 7 nitrogen and oxygen atoms in total. The molecule has 0 spiro atoms. The van der Waals surface area contributed by atoms with Crippen molar-refractivity contribution in [3.05, 3.63) is 23.8 Å². The smallest absolute Gasteiger partial charge is 0.253 e. The van der Waals surface area contributed by atoms with Crippen molar-refractivity contribution in [2.45, 2.75) is 18.9 Å². The van der Waals surface area contributed by atoms with Crippen LogP contribution >= 0.6 is 0 Å². The Morgan fingerprint density at radius 3 is 2.62 bits per heavy atom. The fourth-order valence-corrected chi connectivity index (χ4v) is 4.02. The van der Waals surface area contributed by atoms with E-state index in [1.165, 1.54) is 0 Å². The van der Waals surface area contributed by atoms with E-state index in [4.69, 9.17) is 0 Å². The number of hydrogen-bond acceptors (Lipinski definition) is 6. The Hall–Kier alpha value is -1.96. The fourth-order valence-electron chi connectivity index (χ4n) is 2.55. The molecule has 1 fully saturated rings. The minimum Gasteiger partial charge on any atom is -0.339 e. The van der Waals surface area contributed by atoms with Gasteiger partial charge < -0.3 is 4.90 Å². The van der Waals surface area contributed by atoms with Gasteiger partial charge in [0.2, 0.25) is 0 Å². The van der Waals surface area contributed by atoms with Gasteiger partial charge in [0.1, 0.15) is 20.9 Å². The van der Waals surface area contributed by atoms with Crippen LogP contribution in [0, 0.1) is 0 Å². The van der Waals surface area contributed by atoms with Crippen LogP contribution in [0.15, 0.2) is 22.8 Å². The number of rotatable bonds is 2. The summed E-state index contributed by atoms with van der Waals surface area (Å²) in [6.07, 6.45) is 0.969. The van der Waals surface area contributed by atoms with E-state index in [1.54, 1.807) is 30.1 Å². The summed E-state index contributed by atoms with van der Waals surface area (Å²) < 4.78 is 27.5. The molecule has 0 bridgehead atoms. The summed E-state index contributed by atoms with van der Waals surface area (Å²) in [7, 11) is -1.22. The van der Waals surface area contributed by atoms with Crippen LogP contribution in [0.3, 0.4) is 0 Å². The first kappa shape index (κ1) is 14.0. The summed E-state index contributed by atoms with van der Waals surface area (Å²) in [5.41, 5.74) is 1.62. The lowest BCUT2D eigenvalue weighted by atomic mass is 10.1. The highest BCUT2D eigenvalue weighted by Crippen LogP contribution is 2.20. The maximum atomic E-state index is 12.5. The second-order valence-electron chi connectivity index (χ2n) is 5.27. The normalized spacial score (nSPS) is 18.7. The number of fused-ring (bicyclic) bond motifs is 1. The Morgan fingerprint density at radius 1 is 1.24 bits per heavy atom. The molecule has 8 heteroatoms. The Kier molecular flexibility index (Phi) is 3.40. The number of nitrogens with zero attached hydrogens (tertiary/aromatic N) is 3. The molecule has 1 aliphatic rings. The van der Waals surface area contributed by atoms with Crippen molar-refractivity contribution in [2.24, 2.45) is 0 Å². The maximum Gasteiger partial charge on any atom is 0.253 e. The minimum absolute atomic E-state index is 0.0489. The Bertz CT molecular complexity index is 770. The van der Waals surface area contributed by atoms with Gasteiger partial charge in [-0.1, -0.05) is 0 Å². The van der Waals surface area contributed by atoms with Crippen molar-refractivity contribution in [3.63, 3.8) is 0 Å². The van der Waals surface area contributed by atoms with Crippen molar-refractivity contribution in [1.29, 1.82) is 0 Å². The topological polar surface area (TPSA) is 93.4 Å². The molecule has 1 amide bonds. The molecule has 1 saturated heterocycles. The molecule has 0 aliphatic carbocycles. The first-order valence-electron chi connectivity index (χ1n) is 6.66. The van der Waals surface area contributed by atoms with E-state index in [0.29, 0.717) is 29.4 Å². The molecular formula is C13H15N3O4S. The summed E-state index contributed by atoms with van der Waals surface area (Å²) in [6.45, 7) is 0. The van der Waals surface area contributed by atoms with Gasteiger partial charge in [0, 0.05) is 18.7 Å². The molecule has 2 heterocycles. The van der Waals surface area contributed by atoms with Crippen LogP contribution in [0.1, 0.15) is 23.2 Å². The highest BCUT2D eigenvalue weighted by Gasteiger charge is 2.29. The molecule has 2 aromatic rings. The molecule has 1 aromatic carbocycles. The van der Waals surface area contributed by atoms with Gasteiger partial charge >= 0.3 is 0 Å². The highest BCUT2D eigenvalue weighted by atomic mass is 32.2. The van der Waals surface area contributed by atoms with Gasteiger partial charge in [-0.2, -0.15) is 0 Å². The summed E-state index contributed by atoms with van der Waals surface area (Å²) in [5, 5.41) is 7.41. The molecule has 0 unspecified atom stereocenters. The van der Waals surface area contributed by atoms with E-state index in [2.05, 4.69) is 14.9 Å². The first-order chi connectivity index (χ1) is 9.96. The number of sulfone groups is 1. The van der Waals surface area contributed by atoms with Crippen molar-refractivity contribution in [3.8, 4) is 0 Å². The van der Waals surface area contributed by atoms with Crippen LogP contribution in [0.5, 0.6) is 0 Å². The number of aromatic nitrogens is 2. The van der Waals surface area contributed by atoms with Gasteiger partial charge in [-0.25, -0.2) is 13.0 Å². The van der Waals surface area contributed by atoms with Gasteiger partial charge in [0.25, 0.3) is 5.91 Å². The summed E-state index contributed by atoms with van der Waals surface area (Å²) in [5.74, 6) is 0.132. The Morgan fingerprint density at radius 2 is 1.90 bits per heavy atom. The third-order valence-electron chi connectivity index (χ3n) is 3.89. The molecule has 1 aromatic heterocycles. The lowest BCUT2D eigenvalue weighted by molar-refractivity contribution is 0.0722. The van der Waals surface area contributed by atoms with Gasteiger partial charge in [-0.05, 0) is 41.4 Å². The molecule has 0 radical (unpaired) electrons. The lowest BCUT2D eigenvalue weighted by Gasteiger charge is -2.31. The second kappa shape index (κ2) is 5.10. The first-order valence-corrected chi connectivity index (χ1v) is 8.48. The zero-order chi connectivity index (χ0) is 15.0. The number of carbonyl (C=O) groups is 1. The van der Waals surface area contributed by atoms with E-state index in [0.717, 1.165) is 0 Å². The molecule has 3 rings (SSSR count). The molecule has 0 N–H and O–H groups in total. The predicted octanol–water partition coefficient (Wildman–Crippen LogP) is 0.872. The molecule has 21 heavy (non-hydrogen) atoms. The average Bonchev–Trinajstić information content (AvgIpc) is 2.93. The SMILES string of the molecule is CN(C(=O)c1ccc2nonc2c1)C1CCS(=O)(=O)CC1. The molecule has 0 saturated carbocycles. The van der Waals surface area contributed by atoms with Gasteiger partial charge in [0.05, 0.1) is 11.5 Å². The quantitative estimate of drug-likeness (QED) is 0.817. The van der Waals surface area contributed by atoms with Crippen molar-refractivity contribution >= 4 is 26.8 Å². The zero-order valence-corrected chi connectivity index (χ0v) is 12.3. The molecule has 0 atom stereocenters. The summed E-state index contributed by atoms with van der Waals surface area (Å²) in [4.78, 5) is 14.1. The monoisotopic (exact) mass is 309 g/mol. The summed E-state index contributed by atoms with van der Waals surface area (Å²) >= 11 is 0. The average molecular weight is 309 g/mol. The Labute approximate surface area is 121 Å². The van der Waals surface area contributed by atoms with E-state index >= 15 is 0 Å². The minimum atomic E-state index is -2.93. The highest BCUT2D eigenvalue weighted by molar-refractivity contribution is 7.91. The van der Waals surface area contributed by atoms with Gasteiger partial charge in [-0.3, -0.25) is 4.79 Å². The summed E-state index contributed by atoms with van der Waals surface area (Å²) in [6, 6.07) is 4.93. The van der Waals surface area contributed by atoms with Gasteiger partial charge in [-0.15, -0.1) is 0 Å². The van der Waals surface area contributed by atoms with Gasteiger partial charge in [0.15, 0.2) is 0 Å². The number of amides is 1. The Balaban J connectivity index is 1.77. The zero-order valence-electron chi connectivity index (χ0n) is 11.5. The number of carbonyl (C=O) groups excluding carboxylic acids is 1. The third-order valence-corrected chi connectivity index (χ3v) is 5.61. The van der Waals surface area contributed by atoms with E-state index in [1.807, 2.05) is 0 Å². The third kappa shape index (κ3) is 2.76. The van der Waals surface area contributed by atoms with Crippen LogP contribution in [0.25, 0.3) is 11.0 Å². The largest absolute Gasteiger partial charge is 0.339 e. The molecule has 112 valence electrons. The molecular weight excluding hydrogens is 294 g/mol. The maximum absolute atomic E-state index is 12.5. The van der Waals surface area contributed by atoms with Crippen molar-refractivity contribution < 1.29 is 17.8 Å². The standard InChI is InChI=1S/C13H15N3O4S/c1-16(10-4-6-21(18,19)7-5-10)13(17)9-2-3-11-12(8-9)15-20-14-11/h2-3,8,10H,4-7H2,1H3. The lowest BCUT2D eigenvalue weighted by Crippen LogP contribution is -2.42. The fraction of sp³-hybridized carbons (Fsp3) is 0.462. The van der Waals surface area contributed by atoms with E-state index in [-0.39, 0.29) is 23.5 Å². The van der Waals surface area contributed by atoms with Crippen molar-refractivity contribution in [1.82, 2.24) is 15.2 Å². The van der Waals surface area contributed by atoms with E-state index in [9.17, 15) is 13.2 Å². The van der Waals surface area contributed by atoms with Crippen LogP contribution in [-0.2, 0) is 9.84 Å². The number of benzene rings is 1. The van der Waals surface area contributed by atoms with Crippen LogP contribution < -0.4 is 0 Å². The van der Waals surface area contributed by atoms with Crippen LogP contribution in [-0.4, -0.2) is 54.1 Å².